The number of aromatic nitrogens is 1. The molecule has 0 atom stereocenters. The molecule has 4 heteroatoms. The van der Waals surface area contributed by atoms with E-state index in [2.05, 4.69) is 18.0 Å². The van der Waals surface area contributed by atoms with Gasteiger partial charge in [-0.25, -0.2) is 0 Å². The van der Waals surface area contributed by atoms with Crippen LogP contribution < -0.4 is 11.5 Å². The van der Waals surface area contributed by atoms with Crippen LogP contribution in [0.25, 0.3) is 11.1 Å². The second-order valence-corrected chi connectivity index (χ2v) is 3.40. The van der Waals surface area contributed by atoms with Gasteiger partial charge >= 0.3 is 0 Å². The first-order valence-corrected chi connectivity index (χ1v) is 5.07. The summed E-state index contributed by atoms with van der Waals surface area (Å²) in [5.74, 6) is 1.14. The minimum atomic E-state index is 0.418. The molecule has 0 aliphatic carbocycles. The highest BCUT2D eigenvalue weighted by Gasteiger charge is 2.11. The van der Waals surface area contributed by atoms with E-state index in [1.165, 1.54) is 0 Å². The molecular formula is C13H15N3O. The van der Waals surface area contributed by atoms with Crippen molar-refractivity contribution in [1.82, 2.24) is 5.16 Å². The van der Waals surface area contributed by atoms with E-state index in [0.717, 1.165) is 22.5 Å². The van der Waals surface area contributed by atoms with Gasteiger partial charge in [-0.1, -0.05) is 23.4 Å². The summed E-state index contributed by atoms with van der Waals surface area (Å²) in [6, 6.07) is 7.89. The van der Waals surface area contributed by atoms with Crippen molar-refractivity contribution in [3.8, 4) is 24.0 Å². The third-order valence-electron chi connectivity index (χ3n) is 2.34. The third-order valence-corrected chi connectivity index (χ3v) is 2.34. The maximum atomic E-state index is 5.73. The highest BCUT2D eigenvalue weighted by molar-refractivity contribution is 5.75. The number of nitrogen functional groups attached to an aromatic ring is 1. The van der Waals surface area contributed by atoms with Crippen LogP contribution in [0.4, 0.5) is 5.82 Å². The molecular weight excluding hydrogens is 214 g/mol. The Hall–Kier alpha value is -2.25. The first-order valence-electron chi connectivity index (χ1n) is 5.07. The Morgan fingerprint density at radius 3 is 2.59 bits per heavy atom. The van der Waals surface area contributed by atoms with Crippen LogP contribution in [0.15, 0.2) is 28.8 Å². The van der Waals surface area contributed by atoms with Crippen LogP contribution in [0.5, 0.6) is 0 Å². The van der Waals surface area contributed by atoms with Crippen LogP contribution in [0.3, 0.4) is 0 Å². The summed E-state index contributed by atoms with van der Waals surface area (Å²) in [7, 11) is 0. The van der Waals surface area contributed by atoms with Crippen molar-refractivity contribution in [3.63, 3.8) is 0 Å². The van der Waals surface area contributed by atoms with E-state index in [-0.39, 0.29) is 0 Å². The summed E-state index contributed by atoms with van der Waals surface area (Å²) in [5.41, 5.74) is 14.2. The van der Waals surface area contributed by atoms with E-state index in [1.54, 1.807) is 0 Å². The molecule has 88 valence electrons. The Labute approximate surface area is 101 Å². The molecule has 0 bridgehead atoms. The van der Waals surface area contributed by atoms with Crippen molar-refractivity contribution in [2.75, 3.05) is 5.73 Å². The quantitative estimate of drug-likeness (QED) is 0.771. The number of nitrogens with two attached hydrogens (primary N) is 2. The fourth-order valence-electron chi connectivity index (χ4n) is 1.59. The predicted octanol–water partition coefficient (Wildman–Crippen LogP) is 1.94. The Balaban J connectivity index is 0.000000686. The van der Waals surface area contributed by atoms with Crippen LogP contribution >= 0.6 is 0 Å². The average Bonchev–Trinajstić information content (AvgIpc) is 2.71. The number of anilines is 1. The number of aryl methyl sites for hydroxylation is 1. The van der Waals surface area contributed by atoms with E-state index < -0.39 is 0 Å². The predicted molar refractivity (Wildman–Crippen MR) is 68.9 cm³/mol. The number of hydrogen-bond acceptors (Lipinski definition) is 4. The van der Waals surface area contributed by atoms with Crippen LogP contribution in [-0.2, 0) is 6.54 Å². The normalized spacial score (nSPS) is 9.41. The van der Waals surface area contributed by atoms with E-state index >= 15 is 0 Å². The molecule has 4 N–H and O–H groups in total. The Kier molecular flexibility index (Phi) is 4.32. The van der Waals surface area contributed by atoms with E-state index in [0.29, 0.717) is 12.4 Å². The molecule has 0 aliphatic heterocycles. The Bertz CT molecular complexity index is 495. The molecule has 1 heterocycles. The van der Waals surface area contributed by atoms with E-state index in [1.807, 2.05) is 31.2 Å². The minimum Gasteiger partial charge on any atom is -0.380 e. The largest absolute Gasteiger partial charge is 0.380 e. The van der Waals surface area contributed by atoms with Gasteiger partial charge < -0.3 is 16.0 Å². The molecule has 0 fully saturated rings. The van der Waals surface area contributed by atoms with Gasteiger partial charge in [0.25, 0.3) is 0 Å². The van der Waals surface area contributed by atoms with E-state index in [9.17, 15) is 0 Å². The number of terminal acetylenes is 1. The monoisotopic (exact) mass is 229 g/mol. The second kappa shape index (κ2) is 5.73. The molecule has 2 aromatic rings. The molecule has 0 radical (unpaired) electrons. The van der Waals surface area contributed by atoms with Crippen molar-refractivity contribution < 1.29 is 4.52 Å². The lowest BCUT2D eigenvalue weighted by Crippen LogP contribution is -1.96. The molecule has 1 aromatic heterocycles. The topological polar surface area (TPSA) is 78.1 Å². The van der Waals surface area contributed by atoms with Crippen LogP contribution in [-0.4, -0.2) is 5.16 Å². The molecule has 0 spiro atoms. The lowest BCUT2D eigenvalue weighted by atomic mass is 10.0. The third kappa shape index (κ3) is 2.65. The summed E-state index contributed by atoms with van der Waals surface area (Å²) in [5, 5.41) is 3.72. The number of rotatable bonds is 2. The molecule has 0 unspecified atom stereocenters. The maximum absolute atomic E-state index is 5.73. The van der Waals surface area contributed by atoms with Crippen molar-refractivity contribution in [1.29, 1.82) is 0 Å². The number of nitrogens with zero attached hydrogens (tertiary/aromatic N) is 1. The van der Waals surface area contributed by atoms with Gasteiger partial charge in [0, 0.05) is 6.54 Å². The lowest BCUT2D eigenvalue weighted by molar-refractivity contribution is 0.401. The first kappa shape index (κ1) is 12.8. The molecule has 0 saturated heterocycles. The zero-order valence-electron chi connectivity index (χ0n) is 9.68. The van der Waals surface area contributed by atoms with Gasteiger partial charge in [0.15, 0.2) is 5.82 Å². The highest BCUT2D eigenvalue weighted by atomic mass is 16.5. The van der Waals surface area contributed by atoms with Crippen LogP contribution in [0.1, 0.15) is 11.3 Å². The zero-order valence-corrected chi connectivity index (χ0v) is 9.68. The summed E-state index contributed by atoms with van der Waals surface area (Å²) in [6.45, 7) is 2.35. The molecule has 1 aromatic carbocycles. The summed E-state index contributed by atoms with van der Waals surface area (Å²) >= 11 is 0. The lowest BCUT2D eigenvalue weighted by Gasteiger charge is -2.02. The first-order chi connectivity index (χ1) is 8.22. The van der Waals surface area contributed by atoms with Crippen molar-refractivity contribution in [2.24, 2.45) is 5.73 Å². The molecule has 17 heavy (non-hydrogen) atoms. The van der Waals surface area contributed by atoms with E-state index in [4.69, 9.17) is 16.0 Å². The van der Waals surface area contributed by atoms with Crippen molar-refractivity contribution >= 4 is 5.82 Å². The molecule has 2 rings (SSSR count). The number of hydrogen-bond donors (Lipinski definition) is 2. The van der Waals surface area contributed by atoms with Crippen LogP contribution in [0, 0.1) is 19.8 Å². The van der Waals surface area contributed by atoms with Gasteiger partial charge in [0.2, 0.25) is 0 Å². The fraction of sp³-hybridized carbons (Fsp3) is 0.154. The molecule has 0 saturated carbocycles. The fourth-order valence-corrected chi connectivity index (χ4v) is 1.59. The summed E-state index contributed by atoms with van der Waals surface area (Å²) < 4.78 is 5.02. The van der Waals surface area contributed by atoms with Gasteiger partial charge in [-0.3, -0.25) is 0 Å². The zero-order chi connectivity index (χ0) is 12.8. The van der Waals surface area contributed by atoms with Gasteiger partial charge in [-0.2, -0.15) is 0 Å². The maximum Gasteiger partial charge on any atom is 0.175 e. The van der Waals surface area contributed by atoms with Gasteiger partial charge in [-0.05, 0) is 24.1 Å². The van der Waals surface area contributed by atoms with Gasteiger partial charge in [0.1, 0.15) is 5.76 Å². The minimum absolute atomic E-state index is 0.418. The molecule has 0 amide bonds. The second-order valence-electron chi connectivity index (χ2n) is 3.40. The Morgan fingerprint density at radius 1 is 1.35 bits per heavy atom. The summed E-state index contributed by atoms with van der Waals surface area (Å²) in [4.78, 5) is 0. The molecule has 0 aliphatic rings. The summed E-state index contributed by atoms with van der Waals surface area (Å²) in [6.07, 6.45) is 8.00. The SMILES string of the molecule is C#C.Cc1onc(N)c1-c1cccc(CN)c1. The van der Waals surface area contributed by atoms with Gasteiger partial charge in [0.05, 0.1) is 5.56 Å². The Morgan fingerprint density at radius 2 is 2.06 bits per heavy atom. The standard InChI is InChI=1S/C11H13N3O.C2H2/c1-7-10(11(13)14-15-7)9-4-2-3-8(5-9)6-12;1-2/h2-5H,6,12H2,1H3,(H2,13,14);1-2H. The molecule has 4 nitrogen and oxygen atoms in total. The smallest absolute Gasteiger partial charge is 0.175 e. The highest BCUT2D eigenvalue weighted by Crippen LogP contribution is 2.29. The van der Waals surface area contributed by atoms with Gasteiger partial charge in [-0.15, -0.1) is 12.8 Å². The van der Waals surface area contributed by atoms with Crippen molar-refractivity contribution in [3.05, 3.63) is 35.6 Å². The van der Waals surface area contributed by atoms with Crippen molar-refractivity contribution in [2.45, 2.75) is 13.5 Å². The average molecular weight is 229 g/mol. The van der Waals surface area contributed by atoms with Crippen LogP contribution in [0.2, 0.25) is 0 Å². The number of benzene rings is 1.